The molecule has 0 aliphatic rings. The van der Waals surface area contributed by atoms with Crippen LogP contribution in [-0.4, -0.2) is 4.40 Å². The predicted octanol–water partition coefficient (Wildman–Crippen LogP) is 11.9. The molecule has 234 valence electrons. The van der Waals surface area contributed by atoms with E-state index >= 15 is 0 Å². The van der Waals surface area contributed by atoms with E-state index in [2.05, 4.69) is 182 Å². The van der Waals surface area contributed by atoms with Crippen molar-refractivity contribution in [1.29, 1.82) is 0 Å². The fourth-order valence-corrected chi connectivity index (χ4v) is 8.40. The summed E-state index contributed by atoms with van der Waals surface area (Å²) in [5, 5.41) is 14.0. The maximum Gasteiger partial charge on any atom is 0.0620 e. The highest BCUT2D eigenvalue weighted by Gasteiger charge is 2.17. The maximum atomic E-state index is 4.03. The molecule has 0 saturated heterocycles. The van der Waals surface area contributed by atoms with Crippen LogP contribution in [0.1, 0.15) is 6.92 Å². The van der Waals surface area contributed by atoms with Gasteiger partial charge in [-0.05, 0) is 115 Å². The summed E-state index contributed by atoms with van der Waals surface area (Å²) >= 11 is 0. The van der Waals surface area contributed by atoms with Crippen LogP contribution in [0.2, 0.25) is 0 Å². The van der Waals surface area contributed by atoms with E-state index in [0.717, 1.165) is 0 Å². The summed E-state index contributed by atoms with van der Waals surface area (Å²) in [6.07, 6.45) is 6.26. The minimum atomic E-state index is 1.18. The molecule has 0 aliphatic carbocycles. The van der Waals surface area contributed by atoms with Crippen molar-refractivity contribution in [1.82, 2.24) is 4.40 Å². The maximum absolute atomic E-state index is 4.03. The van der Waals surface area contributed by atoms with Crippen molar-refractivity contribution >= 4 is 71.7 Å². The molecule has 8 aromatic carbocycles. The third-order valence-electron chi connectivity index (χ3n) is 10.6. The first-order chi connectivity index (χ1) is 24.7. The van der Waals surface area contributed by atoms with Crippen molar-refractivity contribution in [2.24, 2.45) is 0 Å². The molecule has 10 rings (SSSR count). The molecule has 0 atom stereocenters. The largest absolute Gasteiger partial charge is 0.308 e. The lowest BCUT2D eigenvalue weighted by molar-refractivity contribution is 1.22. The Balaban J connectivity index is 1.12. The number of rotatable bonds is 4. The molecule has 0 N–H and O–H groups in total. The summed E-state index contributed by atoms with van der Waals surface area (Å²) in [5.41, 5.74) is 9.79. The van der Waals surface area contributed by atoms with Gasteiger partial charge in [0.1, 0.15) is 0 Å². The van der Waals surface area contributed by atoms with Crippen molar-refractivity contribution in [3.63, 3.8) is 0 Å². The number of nitrogens with zero attached hydrogens (tertiary/aromatic N) is 1. The van der Waals surface area contributed by atoms with E-state index in [0.29, 0.717) is 0 Å². The molecule has 0 unspecified atom stereocenters. The predicted molar refractivity (Wildman–Crippen MR) is 216 cm³/mol. The normalized spacial score (nSPS) is 12.8. The van der Waals surface area contributed by atoms with E-state index in [-0.39, 0.29) is 0 Å². The van der Waals surface area contributed by atoms with Gasteiger partial charge in [0.2, 0.25) is 0 Å². The monoisotopic (exact) mass is 635 g/mol. The van der Waals surface area contributed by atoms with Crippen molar-refractivity contribution in [3.05, 3.63) is 175 Å². The molecular formula is C49H33N. The van der Waals surface area contributed by atoms with Crippen LogP contribution < -0.4 is 10.6 Å². The molecular weight excluding hydrogens is 603 g/mol. The first-order valence-corrected chi connectivity index (χ1v) is 17.3. The van der Waals surface area contributed by atoms with E-state index in [1.807, 2.05) is 6.08 Å². The minimum absolute atomic E-state index is 1.18. The van der Waals surface area contributed by atoms with Gasteiger partial charge in [0.15, 0.2) is 0 Å². The molecule has 1 nitrogen and oxygen atoms in total. The molecule has 0 spiro atoms. The molecule has 0 saturated carbocycles. The number of aromatic nitrogens is 1. The Hall–Kier alpha value is -6.44. The van der Waals surface area contributed by atoms with Gasteiger partial charge in [-0.15, -0.1) is 0 Å². The van der Waals surface area contributed by atoms with Crippen LogP contribution in [-0.2, 0) is 0 Å². The summed E-state index contributed by atoms with van der Waals surface area (Å²) < 4.78 is 2.40. The number of allylic oxidation sites excluding steroid dienone is 1. The van der Waals surface area contributed by atoms with E-state index in [1.54, 1.807) is 0 Å². The first-order valence-electron chi connectivity index (χ1n) is 17.3. The molecule has 0 bridgehead atoms. The van der Waals surface area contributed by atoms with Crippen LogP contribution in [0.25, 0.3) is 105 Å². The van der Waals surface area contributed by atoms with Crippen molar-refractivity contribution in [2.45, 2.75) is 6.92 Å². The zero-order valence-electron chi connectivity index (χ0n) is 27.8. The Morgan fingerprint density at radius 1 is 0.420 bits per heavy atom. The van der Waals surface area contributed by atoms with Gasteiger partial charge in [-0.25, -0.2) is 0 Å². The standard InChI is InChI=1S/C49H33N/c1-3-13-47-37(4-2)45-29-36(30-46-43-22-9-10-23-48(43)50(47)49(45)46)34-17-12-15-32(27-34)31-14-11-16-33(26-31)35-24-25-42-40-20-6-5-18-38(40)39-19-7-8-21-41(39)44(42)28-35/h3-30H,1H2,2H3/b37-4-,47-13+. The number of benzene rings is 8. The lowest BCUT2D eigenvalue weighted by atomic mass is 9.91. The summed E-state index contributed by atoms with van der Waals surface area (Å²) in [6.45, 7) is 6.16. The van der Waals surface area contributed by atoms with Gasteiger partial charge in [-0.1, -0.05) is 134 Å². The molecule has 0 fully saturated rings. The summed E-state index contributed by atoms with van der Waals surface area (Å²) in [4.78, 5) is 0. The Kier molecular flexibility index (Phi) is 6.31. The van der Waals surface area contributed by atoms with Gasteiger partial charge >= 0.3 is 0 Å². The van der Waals surface area contributed by atoms with Crippen LogP contribution in [0, 0.1) is 0 Å². The SMILES string of the molecule is C=C/C=c1\c(=C/C)c2cc(-c3cccc(-c4cccc(-c5ccc6c7ccccc7c7ccccc7c6c5)c4)c3)cc3c4ccccc4n1c23. The third-order valence-corrected chi connectivity index (χ3v) is 10.6. The highest BCUT2D eigenvalue weighted by atomic mass is 14.9. The third kappa shape index (κ3) is 4.14. The average Bonchev–Trinajstić information content (AvgIpc) is 3.69. The van der Waals surface area contributed by atoms with Gasteiger partial charge in [-0.2, -0.15) is 0 Å². The van der Waals surface area contributed by atoms with Crippen molar-refractivity contribution in [2.75, 3.05) is 0 Å². The van der Waals surface area contributed by atoms with Crippen LogP contribution in [0.3, 0.4) is 0 Å². The van der Waals surface area contributed by atoms with E-state index in [4.69, 9.17) is 0 Å². The topological polar surface area (TPSA) is 4.41 Å². The van der Waals surface area contributed by atoms with Crippen molar-refractivity contribution < 1.29 is 0 Å². The van der Waals surface area contributed by atoms with E-state index in [9.17, 15) is 0 Å². The average molecular weight is 636 g/mol. The molecule has 1 heteroatoms. The smallest absolute Gasteiger partial charge is 0.0620 e. The Morgan fingerprint density at radius 3 is 1.50 bits per heavy atom. The summed E-state index contributed by atoms with van der Waals surface area (Å²) in [6, 6.07) is 56.0. The number of hydrogen-bond acceptors (Lipinski definition) is 0. The van der Waals surface area contributed by atoms with Crippen LogP contribution in [0.15, 0.2) is 164 Å². The molecule has 2 aromatic heterocycles. The summed E-state index contributed by atoms with van der Waals surface area (Å²) in [5.74, 6) is 0. The molecule has 0 aliphatic heterocycles. The highest BCUT2D eigenvalue weighted by Crippen LogP contribution is 2.39. The first kappa shape index (κ1) is 28.6. The second-order valence-corrected chi connectivity index (χ2v) is 13.3. The Bertz CT molecular complexity index is 3080. The lowest BCUT2D eigenvalue weighted by Gasteiger charge is -2.13. The lowest BCUT2D eigenvalue weighted by Crippen LogP contribution is -2.25. The van der Waals surface area contributed by atoms with Gasteiger partial charge in [0.25, 0.3) is 0 Å². The molecule has 10 aromatic rings. The van der Waals surface area contributed by atoms with Crippen LogP contribution in [0.4, 0.5) is 0 Å². The molecule has 50 heavy (non-hydrogen) atoms. The van der Waals surface area contributed by atoms with Gasteiger partial charge in [-0.3, -0.25) is 0 Å². The highest BCUT2D eigenvalue weighted by molar-refractivity contribution is 6.25. The Labute approximate surface area is 290 Å². The van der Waals surface area contributed by atoms with Crippen LogP contribution in [0.5, 0.6) is 0 Å². The zero-order chi connectivity index (χ0) is 33.3. The summed E-state index contributed by atoms with van der Waals surface area (Å²) in [7, 11) is 0. The van der Waals surface area contributed by atoms with Gasteiger partial charge in [0.05, 0.1) is 16.4 Å². The Morgan fingerprint density at radius 2 is 0.900 bits per heavy atom. The number of para-hydroxylation sites is 1. The molecule has 2 heterocycles. The van der Waals surface area contributed by atoms with Crippen molar-refractivity contribution in [3.8, 4) is 33.4 Å². The second kappa shape index (κ2) is 11.1. The number of hydrogen-bond donors (Lipinski definition) is 0. The fourth-order valence-electron chi connectivity index (χ4n) is 8.40. The zero-order valence-corrected chi connectivity index (χ0v) is 27.8. The molecule has 0 radical (unpaired) electrons. The second-order valence-electron chi connectivity index (χ2n) is 13.3. The van der Waals surface area contributed by atoms with E-state index < -0.39 is 0 Å². The van der Waals surface area contributed by atoms with Gasteiger partial charge < -0.3 is 4.40 Å². The minimum Gasteiger partial charge on any atom is -0.308 e. The van der Waals surface area contributed by atoms with Crippen LogP contribution >= 0.6 is 0 Å². The van der Waals surface area contributed by atoms with Gasteiger partial charge in [0, 0.05) is 21.4 Å². The molecule has 0 amide bonds. The fraction of sp³-hybridized carbons (Fsp3) is 0.0204. The quantitative estimate of drug-likeness (QED) is 0.170. The van der Waals surface area contributed by atoms with E-state index in [1.165, 1.54) is 103 Å². The number of fused-ring (bicyclic) bond motifs is 9.